The summed E-state index contributed by atoms with van der Waals surface area (Å²) in [4.78, 5) is 10.9. The predicted molar refractivity (Wildman–Crippen MR) is 90.4 cm³/mol. The second-order valence-electron chi connectivity index (χ2n) is 5.14. The molecular formula is C16H18N4S. The van der Waals surface area contributed by atoms with Crippen LogP contribution in [0.25, 0.3) is 10.2 Å². The topological polar surface area (TPSA) is 63.8 Å². The highest BCUT2D eigenvalue weighted by Gasteiger charge is 2.10. The summed E-state index contributed by atoms with van der Waals surface area (Å²) in [5.74, 6) is 1.08. The summed E-state index contributed by atoms with van der Waals surface area (Å²) in [6, 6.07) is 8.42. The van der Waals surface area contributed by atoms with Crippen LogP contribution in [0.5, 0.6) is 0 Å². The number of fused-ring (bicyclic) bond motifs is 1. The number of anilines is 3. The number of aromatic nitrogens is 2. The van der Waals surface area contributed by atoms with E-state index >= 15 is 0 Å². The Balaban J connectivity index is 2.06. The van der Waals surface area contributed by atoms with Gasteiger partial charge in [-0.1, -0.05) is 13.0 Å². The first-order chi connectivity index (χ1) is 10.1. The Bertz CT molecular complexity index is 807. The van der Waals surface area contributed by atoms with Gasteiger partial charge in [0.25, 0.3) is 0 Å². The van der Waals surface area contributed by atoms with E-state index in [2.05, 4.69) is 60.3 Å². The van der Waals surface area contributed by atoms with Crippen LogP contribution in [0.15, 0.2) is 24.3 Å². The monoisotopic (exact) mass is 298 g/mol. The van der Waals surface area contributed by atoms with Crippen molar-refractivity contribution in [2.24, 2.45) is 0 Å². The molecule has 0 radical (unpaired) electrons. The van der Waals surface area contributed by atoms with E-state index in [0.717, 1.165) is 28.1 Å². The molecule has 0 saturated heterocycles. The molecule has 4 nitrogen and oxygen atoms in total. The predicted octanol–water partition coefficient (Wildman–Crippen LogP) is 4.20. The summed E-state index contributed by atoms with van der Waals surface area (Å²) < 4.78 is 0. The fourth-order valence-electron chi connectivity index (χ4n) is 2.21. The fraction of sp³-hybridized carbons (Fsp3) is 0.250. The van der Waals surface area contributed by atoms with Gasteiger partial charge in [-0.3, -0.25) is 0 Å². The molecule has 5 heteroatoms. The van der Waals surface area contributed by atoms with Gasteiger partial charge in [-0.15, -0.1) is 11.3 Å². The van der Waals surface area contributed by atoms with Crippen LogP contribution in [0.2, 0.25) is 0 Å². The molecule has 0 bridgehead atoms. The third kappa shape index (κ3) is 2.69. The Labute approximate surface area is 128 Å². The maximum atomic E-state index is 5.83. The number of nitrogens with two attached hydrogens (primary N) is 1. The lowest BCUT2D eigenvalue weighted by atomic mass is 10.1. The van der Waals surface area contributed by atoms with Gasteiger partial charge in [0.2, 0.25) is 5.95 Å². The highest BCUT2D eigenvalue weighted by atomic mass is 32.1. The molecule has 1 aromatic carbocycles. The van der Waals surface area contributed by atoms with Crippen LogP contribution in [0, 0.1) is 13.8 Å². The van der Waals surface area contributed by atoms with E-state index < -0.39 is 0 Å². The van der Waals surface area contributed by atoms with E-state index in [9.17, 15) is 0 Å². The van der Waals surface area contributed by atoms with Crippen LogP contribution >= 0.6 is 11.3 Å². The molecule has 0 amide bonds. The molecule has 0 atom stereocenters. The highest BCUT2D eigenvalue weighted by Crippen LogP contribution is 2.31. The normalized spacial score (nSPS) is 11.0. The zero-order valence-corrected chi connectivity index (χ0v) is 13.2. The molecule has 3 N–H and O–H groups in total. The summed E-state index contributed by atoms with van der Waals surface area (Å²) >= 11 is 1.67. The van der Waals surface area contributed by atoms with Gasteiger partial charge in [0.1, 0.15) is 10.6 Å². The smallest absolute Gasteiger partial charge is 0.223 e. The van der Waals surface area contributed by atoms with E-state index in [0.29, 0.717) is 5.95 Å². The van der Waals surface area contributed by atoms with Gasteiger partial charge in [-0.2, -0.15) is 4.98 Å². The SMILES string of the molecule is CCc1cc2c(Nc3ccc(C)c(C)c3)nc(N)nc2s1. The third-order valence-corrected chi connectivity index (χ3v) is 4.75. The number of nitrogens with zero attached hydrogens (tertiary/aromatic N) is 2. The number of rotatable bonds is 3. The standard InChI is InChI=1S/C16H18N4S/c1-4-12-8-13-14(19-16(17)20-15(13)21-12)18-11-6-5-9(2)10(3)7-11/h5-8H,4H2,1-3H3,(H3,17,18,19,20). The average molecular weight is 298 g/mol. The molecule has 0 aliphatic heterocycles. The van der Waals surface area contributed by atoms with Crippen molar-refractivity contribution < 1.29 is 0 Å². The largest absolute Gasteiger partial charge is 0.368 e. The van der Waals surface area contributed by atoms with Gasteiger partial charge in [-0.05, 0) is 49.6 Å². The van der Waals surface area contributed by atoms with Gasteiger partial charge < -0.3 is 11.1 Å². The molecule has 2 aromatic heterocycles. The Morgan fingerprint density at radius 1 is 1.14 bits per heavy atom. The Kier molecular flexibility index (Phi) is 3.51. The Hall–Kier alpha value is -2.14. The molecule has 0 spiro atoms. The maximum absolute atomic E-state index is 5.83. The molecule has 108 valence electrons. The quantitative estimate of drug-likeness (QED) is 0.760. The van der Waals surface area contributed by atoms with E-state index in [-0.39, 0.29) is 0 Å². The van der Waals surface area contributed by atoms with Crippen LogP contribution in [0.1, 0.15) is 22.9 Å². The minimum Gasteiger partial charge on any atom is -0.368 e. The van der Waals surface area contributed by atoms with E-state index in [1.807, 2.05) is 0 Å². The van der Waals surface area contributed by atoms with Crippen LogP contribution in [0.3, 0.4) is 0 Å². The van der Waals surface area contributed by atoms with Gasteiger partial charge in [0.15, 0.2) is 0 Å². The molecule has 0 aliphatic carbocycles. The lowest BCUT2D eigenvalue weighted by molar-refractivity contribution is 1.19. The number of thiophene rings is 1. The Morgan fingerprint density at radius 2 is 1.95 bits per heavy atom. The number of nitrogens with one attached hydrogen (secondary N) is 1. The van der Waals surface area contributed by atoms with Crippen molar-refractivity contribution in [3.05, 3.63) is 40.3 Å². The maximum Gasteiger partial charge on any atom is 0.223 e. The van der Waals surface area contributed by atoms with Crippen molar-refractivity contribution in [2.45, 2.75) is 27.2 Å². The zero-order valence-electron chi connectivity index (χ0n) is 12.4. The first-order valence-corrected chi connectivity index (χ1v) is 7.78. The molecule has 0 aliphatic rings. The molecule has 0 saturated carbocycles. The van der Waals surface area contributed by atoms with E-state index in [4.69, 9.17) is 5.73 Å². The summed E-state index contributed by atoms with van der Waals surface area (Å²) in [6.45, 7) is 6.34. The fourth-order valence-corrected chi connectivity index (χ4v) is 3.19. The van der Waals surface area contributed by atoms with Crippen LogP contribution < -0.4 is 11.1 Å². The minimum atomic E-state index is 0.304. The highest BCUT2D eigenvalue weighted by molar-refractivity contribution is 7.18. The van der Waals surface area contributed by atoms with Gasteiger partial charge in [0, 0.05) is 10.6 Å². The van der Waals surface area contributed by atoms with Crippen LogP contribution in [0.4, 0.5) is 17.5 Å². The molecule has 3 rings (SSSR count). The zero-order chi connectivity index (χ0) is 15.0. The minimum absolute atomic E-state index is 0.304. The summed E-state index contributed by atoms with van der Waals surface area (Å²) in [5.41, 5.74) is 9.37. The number of benzene rings is 1. The number of hydrogen-bond donors (Lipinski definition) is 2. The lowest BCUT2D eigenvalue weighted by Gasteiger charge is -2.09. The molecule has 3 aromatic rings. The third-order valence-electron chi connectivity index (χ3n) is 3.58. The van der Waals surface area contributed by atoms with Crippen molar-refractivity contribution >= 4 is 39.0 Å². The van der Waals surface area contributed by atoms with E-state index in [1.54, 1.807) is 11.3 Å². The molecular weight excluding hydrogens is 280 g/mol. The number of hydrogen-bond acceptors (Lipinski definition) is 5. The summed E-state index contributed by atoms with van der Waals surface area (Å²) in [6.07, 6.45) is 0.990. The van der Waals surface area contributed by atoms with Crippen molar-refractivity contribution in [1.82, 2.24) is 9.97 Å². The summed E-state index contributed by atoms with van der Waals surface area (Å²) in [5, 5.41) is 4.40. The molecule has 0 unspecified atom stereocenters. The van der Waals surface area contributed by atoms with Gasteiger partial charge in [0.05, 0.1) is 5.39 Å². The van der Waals surface area contributed by atoms with Crippen molar-refractivity contribution in [2.75, 3.05) is 11.1 Å². The van der Waals surface area contributed by atoms with Crippen molar-refractivity contribution in [3.63, 3.8) is 0 Å². The number of nitrogen functional groups attached to an aromatic ring is 1. The molecule has 2 heterocycles. The van der Waals surface area contributed by atoms with Gasteiger partial charge in [-0.25, -0.2) is 4.98 Å². The van der Waals surface area contributed by atoms with Gasteiger partial charge >= 0.3 is 0 Å². The first-order valence-electron chi connectivity index (χ1n) is 6.97. The lowest BCUT2D eigenvalue weighted by Crippen LogP contribution is -2.00. The second kappa shape index (κ2) is 5.33. The first kappa shape index (κ1) is 13.8. The number of aryl methyl sites for hydroxylation is 3. The average Bonchev–Trinajstić information content (AvgIpc) is 2.86. The van der Waals surface area contributed by atoms with Crippen LogP contribution in [-0.4, -0.2) is 9.97 Å². The van der Waals surface area contributed by atoms with E-state index in [1.165, 1.54) is 16.0 Å². The molecule has 21 heavy (non-hydrogen) atoms. The van der Waals surface area contributed by atoms with Crippen molar-refractivity contribution in [3.8, 4) is 0 Å². The Morgan fingerprint density at radius 3 is 2.67 bits per heavy atom. The second-order valence-corrected chi connectivity index (χ2v) is 6.25. The van der Waals surface area contributed by atoms with Crippen LogP contribution in [-0.2, 0) is 6.42 Å². The van der Waals surface area contributed by atoms with Crippen molar-refractivity contribution in [1.29, 1.82) is 0 Å². The molecule has 0 fully saturated rings. The summed E-state index contributed by atoms with van der Waals surface area (Å²) in [7, 11) is 0.